The number of imidazole rings is 1. The number of carbonyl (C=O) groups is 1. The predicted octanol–water partition coefficient (Wildman–Crippen LogP) is 3.95. The minimum absolute atomic E-state index is 0.292. The van der Waals surface area contributed by atoms with E-state index in [2.05, 4.69) is 23.4 Å². The van der Waals surface area contributed by atoms with Crippen LogP contribution in [0.3, 0.4) is 0 Å². The molecule has 0 aliphatic carbocycles. The van der Waals surface area contributed by atoms with Crippen LogP contribution in [0.4, 0.5) is 0 Å². The molecule has 108 valence electrons. The third-order valence-corrected chi connectivity index (χ3v) is 3.87. The Kier molecular flexibility index (Phi) is 4.77. The van der Waals surface area contributed by atoms with E-state index < -0.39 is 5.97 Å². The Morgan fingerprint density at radius 1 is 1.40 bits per heavy atom. The van der Waals surface area contributed by atoms with Crippen molar-refractivity contribution in [2.24, 2.45) is 5.92 Å². The number of hydrogen-bond acceptors (Lipinski definition) is 2. The number of benzene rings is 1. The van der Waals surface area contributed by atoms with Gasteiger partial charge >= 0.3 is 5.97 Å². The maximum absolute atomic E-state index is 11.0. The normalized spacial score (nSPS) is 12.7. The number of aromatic nitrogens is 2. The number of carboxylic acid groups (broad SMARTS) is 1. The Balaban J connectivity index is 2.20. The molecule has 2 rings (SSSR count). The predicted molar refractivity (Wildman–Crippen MR) is 80.0 cm³/mol. The van der Waals surface area contributed by atoms with Crippen molar-refractivity contribution in [2.75, 3.05) is 0 Å². The van der Waals surface area contributed by atoms with Crippen molar-refractivity contribution in [3.8, 4) is 0 Å². The molecule has 1 atom stereocenters. The summed E-state index contributed by atoms with van der Waals surface area (Å²) < 4.78 is 2.14. The van der Waals surface area contributed by atoms with Crippen molar-refractivity contribution in [2.45, 2.75) is 46.1 Å². The molecular formula is C16H22N2O2. The van der Waals surface area contributed by atoms with E-state index in [1.165, 1.54) is 19.3 Å². The highest BCUT2D eigenvalue weighted by molar-refractivity contribution is 5.92. The van der Waals surface area contributed by atoms with Gasteiger partial charge in [0.1, 0.15) is 0 Å². The first-order valence-corrected chi connectivity index (χ1v) is 7.33. The molecule has 0 radical (unpaired) electrons. The summed E-state index contributed by atoms with van der Waals surface area (Å²) in [6, 6.07) is 5.15. The third-order valence-electron chi connectivity index (χ3n) is 3.87. The van der Waals surface area contributed by atoms with Crippen LogP contribution in [0.5, 0.6) is 0 Å². The van der Waals surface area contributed by atoms with Gasteiger partial charge < -0.3 is 9.67 Å². The van der Waals surface area contributed by atoms with Gasteiger partial charge in [0.2, 0.25) is 0 Å². The van der Waals surface area contributed by atoms with Crippen LogP contribution in [0.25, 0.3) is 11.0 Å². The van der Waals surface area contributed by atoms with Crippen LogP contribution >= 0.6 is 0 Å². The fourth-order valence-corrected chi connectivity index (χ4v) is 2.54. The van der Waals surface area contributed by atoms with Crippen molar-refractivity contribution in [3.05, 3.63) is 30.1 Å². The summed E-state index contributed by atoms with van der Waals surface area (Å²) in [5.41, 5.74) is 2.07. The Morgan fingerprint density at radius 3 is 2.85 bits per heavy atom. The third kappa shape index (κ3) is 3.18. The van der Waals surface area contributed by atoms with Gasteiger partial charge in [0, 0.05) is 6.54 Å². The van der Waals surface area contributed by atoms with E-state index in [1.807, 2.05) is 12.4 Å². The van der Waals surface area contributed by atoms with Crippen molar-refractivity contribution >= 4 is 17.0 Å². The van der Waals surface area contributed by atoms with Crippen LogP contribution in [-0.4, -0.2) is 20.6 Å². The molecule has 1 heterocycles. The first-order chi connectivity index (χ1) is 9.65. The van der Waals surface area contributed by atoms with E-state index in [1.54, 1.807) is 12.1 Å². The highest BCUT2D eigenvalue weighted by Gasteiger charge is 2.11. The Hall–Kier alpha value is -1.84. The van der Waals surface area contributed by atoms with Crippen LogP contribution in [-0.2, 0) is 6.54 Å². The summed E-state index contributed by atoms with van der Waals surface area (Å²) in [7, 11) is 0. The summed E-state index contributed by atoms with van der Waals surface area (Å²) >= 11 is 0. The fraction of sp³-hybridized carbons (Fsp3) is 0.500. The van der Waals surface area contributed by atoms with E-state index in [-0.39, 0.29) is 0 Å². The standard InChI is InChI=1S/C16H22N2O2/c1-3-5-6-12(4-2)10-18-11-17-14-9-13(16(19)20)7-8-15(14)18/h7-9,11-12H,3-6,10H2,1-2H3,(H,19,20). The minimum Gasteiger partial charge on any atom is -0.478 e. The second-order valence-corrected chi connectivity index (χ2v) is 5.32. The average Bonchev–Trinajstić information content (AvgIpc) is 2.85. The molecule has 0 amide bonds. The number of unbranched alkanes of at least 4 members (excludes halogenated alkanes) is 1. The molecule has 4 heteroatoms. The topological polar surface area (TPSA) is 55.1 Å². The Bertz CT molecular complexity index is 589. The summed E-state index contributed by atoms with van der Waals surface area (Å²) in [5.74, 6) is -0.248. The van der Waals surface area contributed by atoms with Crippen LogP contribution in [0, 0.1) is 5.92 Å². The van der Waals surface area contributed by atoms with Crippen molar-refractivity contribution in [3.63, 3.8) is 0 Å². The Morgan fingerprint density at radius 2 is 2.20 bits per heavy atom. The maximum atomic E-state index is 11.0. The molecule has 20 heavy (non-hydrogen) atoms. The lowest BCUT2D eigenvalue weighted by atomic mass is 9.99. The monoisotopic (exact) mass is 274 g/mol. The number of hydrogen-bond donors (Lipinski definition) is 1. The average molecular weight is 274 g/mol. The van der Waals surface area contributed by atoms with Crippen molar-refractivity contribution in [1.29, 1.82) is 0 Å². The second kappa shape index (κ2) is 6.55. The van der Waals surface area contributed by atoms with E-state index in [0.717, 1.165) is 24.0 Å². The van der Waals surface area contributed by atoms with Gasteiger partial charge in [-0.15, -0.1) is 0 Å². The largest absolute Gasteiger partial charge is 0.478 e. The number of aromatic carboxylic acids is 1. The van der Waals surface area contributed by atoms with E-state index >= 15 is 0 Å². The highest BCUT2D eigenvalue weighted by atomic mass is 16.4. The summed E-state index contributed by atoms with van der Waals surface area (Å²) in [4.78, 5) is 15.3. The number of nitrogens with zero attached hydrogens (tertiary/aromatic N) is 2. The molecule has 0 aliphatic rings. The maximum Gasteiger partial charge on any atom is 0.335 e. The molecule has 1 aromatic heterocycles. The number of carboxylic acids is 1. The summed E-state index contributed by atoms with van der Waals surface area (Å²) in [6.07, 6.45) is 6.70. The number of rotatable bonds is 7. The summed E-state index contributed by atoms with van der Waals surface area (Å²) in [5, 5.41) is 9.00. The molecule has 1 N–H and O–H groups in total. The van der Waals surface area contributed by atoms with Gasteiger partial charge in [0.25, 0.3) is 0 Å². The molecule has 0 saturated heterocycles. The molecule has 1 unspecified atom stereocenters. The quantitative estimate of drug-likeness (QED) is 0.831. The molecule has 0 aliphatic heterocycles. The van der Waals surface area contributed by atoms with Gasteiger partial charge in [0.05, 0.1) is 22.9 Å². The van der Waals surface area contributed by atoms with Crippen molar-refractivity contribution in [1.82, 2.24) is 9.55 Å². The SMILES string of the molecule is CCCCC(CC)Cn1cnc2cc(C(=O)O)ccc21. The van der Waals surface area contributed by atoms with Gasteiger partial charge in [-0.1, -0.05) is 33.1 Å². The van der Waals surface area contributed by atoms with Gasteiger partial charge in [-0.05, 0) is 30.5 Å². The van der Waals surface area contributed by atoms with Gasteiger partial charge in [-0.25, -0.2) is 9.78 Å². The smallest absolute Gasteiger partial charge is 0.335 e. The van der Waals surface area contributed by atoms with Crippen LogP contribution in [0.1, 0.15) is 49.9 Å². The first kappa shape index (κ1) is 14.6. The van der Waals surface area contributed by atoms with Crippen LogP contribution in [0.15, 0.2) is 24.5 Å². The zero-order valence-electron chi connectivity index (χ0n) is 12.2. The van der Waals surface area contributed by atoms with Gasteiger partial charge in [-0.2, -0.15) is 0 Å². The highest BCUT2D eigenvalue weighted by Crippen LogP contribution is 2.20. The van der Waals surface area contributed by atoms with Gasteiger partial charge in [0.15, 0.2) is 0 Å². The van der Waals surface area contributed by atoms with E-state index in [9.17, 15) is 4.79 Å². The molecule has 0 bridgehead atoms. The lowest BCUT2D eigenvalue weighted by molar-refractivity contribution is 0.0697. The van der Waals surface area contributed by atoms with E-state index in [0.29, 0.717) is 11.5 Å². The molecule has 0 saturated carbocycles. The minimum atomic E-state index is -0.907. The zero-order chi connectivity index (χ0) is 14.5. The summed E-state index contributed by atoms with van der Waals surface area (Å²) in [6.45, 7) is 5.40. The van der Waals surface area contributed by atoms with Crippen molar-refractivity contribution < 1.29 is 9.90 Å². The molecule has 1 aromatic carbocycles. The molecular weight excluding hydrogens is 252 g/mol. The lowest BCUT2D eigenvalue weighted by Gasteiger charge is -2.15. The molecule has 2 aromatic rings. The number of fused-ring (bicyclic) bond motifs is 1. The second-order valence-electron chi connectivity index (χ2n) is 5.32. The van der Waals surface area contributed by atoms with Crippen LogP contribution < -0.4 is 0 Å². The van der Waals surface area contributed by atoms with E-state index in [4.69, 9.17) is 5.11 Å². The molecule has 4 nitrogen and oxygen atoms in total. The molecule has 0 fully saturated rings. The van der Waals surface area contributed by atoms with Gasteiger partial charge in [-0.3, -0.25) is 0 Å². The van der Waals surface area contributed by atoms with Crippen LogP contribution in [0.2, 0.25) is 0 Å². The zero-order valence-corrected chi connectivity index (χ0v) is 12.2. The molecule has 0 spiro atoms. The first-order valence-electron chi connectivity index (χ1n) is 7.33. The lowest BCUT2D eigenvalue weighted by Crippen LogP contribution is -2.09. The Labute approximate surface area is 119 Å². The fourth-order valence-electron chi connectivity index (χ4n) is 2.54.